The van der Waals surface area contributed by atoms with Crippen LogP contribution in [0.15, 0.2) is 35.3 Å². The number of rotatable bonds is 10. The number of thioether (sulfide) groups is 1. The lowest BCUT2D eigenvalue weighted by molar-refractivity contribution is 0.251. The van der Waals surface area contributed by atoms with Crippen molar-refractivity contribution in [1.29, 1.82) is 0 Å². The van der Waals surface area contributed by atoms with E-state index >= 15 is 0 Å². The first-order valence-electron chi connectivity index (χ1n) is 6.88. The van der Waals surface area contributed by atoms with Gasteiger partial charge in [0, 0.05) is 18.9 Å². The Morgan fingerprint density at radius 1 is 1.29 bits per heavy atom. The summed E-state index contributed by atoms with van der Waals surface area (Å²) in [4.78, 5) is 3.99. The summed E-state index contributed by atoms with van der Waals surface area (Å²) >= 11 is 0.576. The number of halogens is 2. The smallest absolute Gasteiger partial charge is 0.284 e. The van der Waals surface area contributed by atoms with E-state index in [2.05, 4.69) is 14.9 Å². The monoisotopic (exact) mass is 315 g/mol. The SMILES string of the molecule is FC(F)SCc1ccc(CNCCCCn2ccnc2)o1. The summed E-state index contributed by atoms with van der Waals surface area (Å²) in [6.45, 7) is 2.50. The van der Waals surface area contributed by atoms with Gasteiger partial charge in [-0.2, -0.15) is 8.78 Å². The third-order valence-corrected chi connectivity index (χ3v) is 3.65. The number of aromatic nitrogens is 2. The Labute approximate surface area is 126 Å². The van der Waals surface area contributed by atoms with Crippen molar-refractivity contribution in [2.24, 2.45) is 0 Å². The van der Waals surface area contributed by atoms with Crippen LogP contribution in [0.2, 0.25) is 0 Å². The van der Waals surface area contributed by atoms with Crippen LogP contribution in [0.5, 0.6) is 0 Å². The van der Waals surface area contributed by atoms with Crippen molar-refractivity contribution in [3.8, 4) is 0 Å². The minimum Gasteiger partial charge on any atom is -0.464 e. The highest BCUT2D eigenvalue weighted by atomic mass is 32.2. The van der Waals surface area contributed by atoms with Crippen LogP contribution in [0, 0.1) is 0 Å². The van der Waals surface area contributed by atoms with Gasteiger partial charge in [-0.15, -0.1) is 0 Å². The Morgan fingerprint density at radius 3 is 2.90 bits per heavy atom. The lowest BCUT2D eigenvalue weighted by Crippen LogP contribution is -2.14. The first kappa shape index (κ1) is 16.0. The molecule has 0 saturated carbocycles. The molecule has 2 rings (SSSR count). The van der Waals surface area contributed by atoms with E-state index in [-0.39, 0.29) is 5.75 Å². The average Bonchev–Trinajstić information content (AvgIpc) is 3.12. The molecular formula is C14H19F2N3OS. The van der Waals surface area contributed by atoms with Crippen LogP contribution in [0.1, 0.15) is 24.4 Å². The summed E-state index contributed by atoms with van der Waals surface area (Å²) in [6, 6.07) is 3.59. The van der Waals surface area contributed by atoms with E-state index in [4.69, 9.17) is 4.42 Å². The maximum atomic E-state index is 12.1. The van der Waals surface area contributed by atoms with Gasteiger partial charge in [0.15, 0.2) is 0 Å². The molecule has 2 heterocycles. The molecule has 0 aliphatic carbocycles. The van der Waals surface area contributed by atoms with Crippen LogP contribution in [-0.4, -0.2) is 21.9 Å². The van der Waals surface area contributed by atoms with Crippen molar-refractivity contribution in [3.63, 3.8) is 0 Å². The van der Waals surface area contributed by atoms with E-state index in [0.717, 1.165) is 31.7 Å². The zero-order valence-electron chi connectivity index (χ0n) is 11.7. The van der Waals surface area contributed by atoms with Gasteiger partial charge in [-0.25, -0.2) is 4.98 Å². The summed E-state index contributed by atoms with van der Waals surface area (Å²) in [6.07, 6.45) is 7.69. The highest BCUT2D eigenvalue weighted by Gasteiger charge is 2.07. The quantitative estimate of drug-likeness (QED) is 0.682. The Balaban J connectivity index is 1.54. The number of nitrogens with one attached hydrogen (secondary N) is 1. The first-order valence-corrected chi connectivity index (χ1v) is 7.93. The Morgan fingerprint density at radius 2 is 2.14 bits per heavy atom. The molecule has 0 bridgehead atoms. The van der Waals surface area contributed by atoms with E-state index in [1.165, 1.54) is 0 Å². The molecule has 116 valence electrons. The Hall–Kier alpha value is -1.34. The molecule has 0 aliphatic rings. The molecule has 2 aromatic heterocycles. The van der Waals surface area contributed by atoms with Gasteiger partial charge < -0.3 is 14.3 Å². The number of hydrogen-bond acceptors (Lipinski definition) is 4. The zero-order chi connectivity index (χ0) is 14.9. The number of nitrogens with zero attached hydrogens (tertiary/aromatic N) is 2. The predicted molar refractivity (Wildman–Crippen MR) is 79.2 cm³/mol. The molecule has 0 aromatic carbocycles. The van der Waals surface area contributed by atoms with Gasteiger partial charge in [-0.05, 0) is 31.5 Å². The van der Waals surface area contributed by atoms with Crippen LogP contribution in [0.25, 0.3) is 0 Å². The minimum atomic E-state index is -2.35. The second-order valence-corrected chi connectivity index (χ2v) is 5.60. The van der Waals surface area contributed by atoms with Crippen molar-refractivity contribution in [2.45, 2.75) is 37.4 Å². The highest BCUT2D eigenvalue weighted by molar-refractivity contribution is 7.98. The van der Waals surface area contributed by atoms with Crippen LogP contribution in [0.4, 0.5) is 8.78 Å². The predicted octanol–water partition coefficient (Wildman–Crippen LogP) is 3.50. The van der Waals surface area contributed by atoms with Crippen LogP contribution in [-0.2, 0) is 18.8 Å². The molecule has 0 amide bonds. The van der Waals surface area contributed by atoms with Gasteiger partial charge >= 0.3 is 0 Å². The minimum absolute atomic E-state index is 0.211. The number of aryl methyl sites for hydroxylation is 1. The average molecular weight is 315 g/mol. The standard InChI is InChI=1S/C14H19F2N3OS/c15-14(16)21-10-13-4-3-12(20-13)9-17-5-1-2-7-19-8-6-18-11-19/h3-4,6,8,11,14,17H,1-2,5,7,9-10H2. The van der Waals surface area contributed by atoms with Crippen molar-refractivity contribution < 1.29 is 13.2 Å². The van der Waals surface area contributed by atoms with Gasteiger partial charge in [-0.1, -0.05) is 11.8 Å². The van der Waals surface area contributed by atoms with Crippen LogP contribution in [0.3, 0.4) is 0 Å². The third-order valence-electron chi connectivity index (χ3n) is 2.95. The number of alkyl halides is 2. The summed E-state index contributed by atoms with van der Waals surface area (Å²) < 4.78 is 31.6. The Kier molecular flexibility index (Phi) is 6.75. The highest BCUT2D eigenvalue weighted by Crippen LogP contribution is 2.21. The van der Waals surface area contributed by atoms with Crippen molar-refractivity contribution >= 4 is 11.8 Å². The third kappa shape index (κ3) is 6.31. The largest absolute Gasteiger partial charge is 0.464 e. The molecule has 0 saturated heterocycles. The van der Waals surface area contributed by atoms with E-state index in [1.807, 2.05) is 18.6 Å². The number of imidazole rings is 1. The molecule has 2 aromatic rings. The fourth-order valence-electron chi connectivity index (χ4n) is 1.91. The molecule has 4 nitrogen and oxygen atoms in total. The van der Waals surface area contributed by atoms with Gasteiger partial charge in [-0.3, -0.25) is 0 Å². The number of unbranched alkanes of at least 4 members (excludes halogenated alkanes) is 1. The normalized spacial score (nSPS) is 11.4. The molecule has 0 spiro atoms. The van der Waals surface area contributed by atoms with Crippen molar-refractivity contribution in [3.05, 3.63) is 42.4 Å². The molecule has 7 heteroatoms. The summed E-state index contributed by atoms with van der Waals surface area (Å²) in [5.41, 5.74) is 0. The van der Waals surface area contributed by atoms with Crippen molar-refractivity contribution in [1.82, 2.24) is 14.9 Å². The van der Waals surface area contributed by atoms with Gasteiger partial charge in [0.1, 0.15) is 11.5 Å². The van der Waals surface area contributed by atoms with E-state index in [9.17, 15) is 8.78 Å². The molecular weight excluding hydrogens is 296 g/mol. The summed E-state index contributed by atoms with van der Waals surface area (Å²) in [5.74, 6) is -0.762. The second-order valence-electron chi connectivity index (χ2n) is 4.62. The topological polar surface area (TPSA) is 43.0 Å². The lowest BCUT2D eigenvalue weighted by atomic mass is 10.3. The van der Waals surface area contributed by atoms with E-state index < -0.39 is 5.76 Å². The number of furan rings is 1. The molecule has 0 fully saturated rings. The molecule has 1 N–H and O–H groups in total. The lowest BCUT2D eigenvalue weighted by Gasteiger charge is -2.04. The molecule has 0 radical (unpaired) electrons. The van der Waals surface area contributed by atoms with Gasteiger partial charge in [0.25, 0.3) is 5.76 Å². The van der Waals surface area contributed by atoms with E-state index in [1.54, 1.807) is 12.3 Å². The fraction of sp³-hybridized carbons (Fsp3) is 0.500. The maximum Gasteiger partial charge on any atom is 0.284 e. The van der Waals surface area contributed by atoms with E-state index in [0.29, 0.717) is 24.1 Å². The molecule has 0 unspecified atom stereocenters. The summed E-state index contributed by atoms with van der Waals surface area (Å²) in [7, 11) is 0. The first-order chi connectivity index (χ1) is 10.2. The molecule has 0 atom stereocenters. The zero-order valence-corrected chi connectivity index (χ0v) is 12.5. The van der Waals surface area contributed by atoms with Gasteiger partial charge in [0.05, 0.1) is 18.6 Å². The number of hydrogen-bond donors (Lipinski definition) is 1. The molecule has 21 heavy (non-hydrogen) atoms. The van der Waals surface area contributed by atoms with Crippen LogP contribution < -0.4 is 5.32 Å². The van der Waals surface area contributed by atoms with Crippen molar-refractivity contribution in [2.75, 3.05) is 6.54 Å². The maximum absolute atomic E-state index is 12.1. The second kappa shape index (κ2) is 8.84. The van der Waals surface area contributed by atoms with Crippen LogP contribution >= 0.6 is 11.8 Å². The fourth-order valence-corrected chi connectivity index (χ4v) is 2.36. The van der Waals surface area contributed by atoms with Gasteiger partial charge in [0.2, 0.25) is 0 Å². The summed E-state index contributed by atoms with van der Waals surface area (Å²) in [5, 5.41) is 3.29. The Bertz CT molecular complexity index is 502. The molecule has 0 aliphatic heterocycles.